The normalized spacial score (nSPS) is 10.6. The van der Waals surface area contributed by atoms with E-state index in [0.717, 1.165) is 16.3 Å². The lowest BCUT2D eigenvalue weighted by Crippen LogP contribution is -2.25. The topological polar surface area (TPSA) is 125 Å². The average molecular weight is 417 g/mol. The van der Waals surface area contributed by atoms with E-state index in [1.807, 2.05) is 47.8 Å². The van der Waals surface area contributed by atoms with E-state index in [9.17, 15) is 10.1 Å². The zero-order valence-corrected chi connectivity index (χ0v) is 16.8. The Morgan fingerprint density at radius 2 is 2.10 bits per heavy atom. The Balaban J connectivity index is 1.36. The number of nitriles is 1. The van der Waals surface area contributed by atoms with Gasteiger partial charge in [0.1, 0.15) is 17.5 Å². The zero-order valence-electron chi connectivity index (χ0n) is 16.0. The Morgan fingerprint density at radius 1 is 1.27 bits per heavy atom. The summed E-state index contributed by atoms with van der Waals surface area (Å²) in [5.74, 6) is 0.0734. The molecule has 1 amide bonds. The van der Waals surface area contributed by atoms with Crippen molar-refractivity contribution in [2.75, 3.05) is 12.3 Å². The van der Waals surface area contributed by atoms with Gasteiger partial charge in [-0.05, 0) is 42.5 Å². The minimum absolute atomic E-state index is 0.246. The molecular formula is C21H19N7OS. The van der Waals surface area contributed by atoms with Crippen LogP contribution in [0.5, 0.6) is 0 Å². The van der Waals surface area contributed by atoms with Crippen molar-refractivity contribution in [2.45, 2.75) is 12.8 Å². The fourth-order valence-electron chi connectivity index (χ4n) is 3.09. The molecule has 3 aromatic heterocycles. The Labute approximate surface area is 177 Å². The van der Waals surface area contributed by atoms with Crippen LogP contribution in [0.1, 0.15) is 28.2 Å². The Bertz CT molecular complexity index is 1190. The van der Waals surface area contributed by atoms with Gasteiger partial charge < -0.3 is 11.1 Å². The molecule has 0 atom stereocenters. The van der Waals surface area contributed by atoms with E-state index in [0.29, 0.717) is 42.2 Å². The molecule has 0 aliphatic carbocycles. The second-order valence-electron chi connectivity index (χ2n) is 6.57. The number of aromatic nitrogens is 4. The van der Waals surface area contributed by atoms with Crippen LogP contribution in [0.15, 0.2) is 53.9 Å². The monoisotopic (exact) mass is 417 g/mol. The summed E-state index contributed by atoms with van der Waals surface area (Å²) in [6, 6.07) is 17.2. The highest BCUT2D eigenvalue weighted by atomic mass is 32.1. The number of H-pyrrole nitrogens is 1. The SMILES string of the molecule is N#Cc1c(CCCNC(=O)c2cc(-c3cccs3)[nH]n2)nn(-c2ccccc2)c1N. The molecular weight excluding hydrogens is 398 g/mol. The van der Waals surface area contributed by atoms with Gasteiger partial charge in [-0.15, -0.1) is 11.3 Å². The van der Waals surface area contributed by atoms with Gasteiger partial charge in [0.05, 0.1) is 22.0 Å². The van der Waals surface area contributed by atoms with E-state index in [2.05, 4.69) is 26.7 Å². The van der Waals surface area contributed by atoms with Gasteiger partial charge >= 0.3 is 0 Å². The Morgan fingerprint density at radius 3 is 2.83 bits per heavy atom. The van der Waals surface area contributed by atoms with Crippen molar-refractivity contribution in [2.24, 2.45) is 0 Å². The number of para-hydroxylation sites is 1. The molecule has 0 unspecified atom stereocenters. The zero-order chi connectivity index (χ0) is 20.9. The minimum atomic E-state index is -0.246. The third-order valence-electron chi connectivity index (χ3n) is 4.58. The molecule has 4 aromatic rings. The first kappa shape index (κ1) is 19.4. The molecule has 0 fully saturated rings. The summed E-state index contributed by atoms with van der Waals surface area (Å²) in [5, 5.41) is 25.7. The number of thiophene rings is 1. The number of hydrogen-bond acceptors (Lipinski definition) is 6. The number of nitrogens with two attached hydrogens (primary N) is 1. The second kappa shape index (κ2) is 8.63. The van der Waals surface area contributed by atoms with Crippen LogP contribution >= 0.6 is 11.3 Å². The lowest BCUT2D eigenvalue weighted by molar-refractivity contribution is 0.0948. The molecule has 4 rings (SSSR count). The van der Waals surface area contributed by atoms with Crippen molar-refractivity contribution in [1.29, 1.82) is 5.26 Å². The highest BCUT2D eigenvalue weighted by Crippen LogP contribution is 2.23. The van der Waals surface area contributed by atoms with Gasteiger partial charge in [0.25, 0.3) is 5.91 Å². The first-order valence-electron chi connectivity index (χ1n) is 9.37. The van der Waals surface area contributed by atoms with Crippen LogP contribution in [-0.2, 0) is 6.42 Å². The van der Waals surface area contributed by atoms with Crippen LogP contribution in [0.4, 0.5) is 5.82 Å². The molecule has 150 valence electrons. The maximum absolute atomic E-state index is 12.3. The number of aromatic amines is 1. The molecule has 3 heterocycles. The predicted molar refractivity (Wildman–Crippen MR) is 115 cm³/mol. The molecule has 9 heteroatoms. The molecule has 1 aromatic carbocycles. The fourth-order valence-corrected chi connectivity index (χ4v) is 3.78. The smallest absolute Gasteiger partial charge is 0.271 e. The fraction of sp³-hybridized carbons (Fsp3) is 0.143. The molecule has 0 spiro atoms. The summed E-state index contributed by atoms with van der Waals surface area (Å²) < 4.78 is 1.57. The summed E-state index contributed by atoms with van der Waals surface area (Å²) in [6.45, 7) is 0.434. The van der Waals surface area contributed by atoms with Crippen molar-refractivity contribution in [1.82, 2.24) is 25.3 Å². The van der Waals surface area contributed by atoms with Crippen molar-refractivity contribution in [3.63, 3.8) is 0 Å². The molecule has 0 bridgehead atoms. The molecule has 4 N–H and O–H groups in total. The van der Waals surface area contributed by atoms with Crippen LogP contribution in [0.3, 0.4) is 0 Å². The van der Waals surface area contributed by atoms with E-state index in [1.54, 1.807) is 22.1 Å². The van der Waals surface area contributed by atoms with Crippen LogP contribution in [0, 0.1) is 11.3 Å². The number of benzene rings is 1. The van der Waals surface area contributed by atoms with Gasteiger partial charge in [0.2, 0.25) is 0 Å². The number of carbonyl (C=O) groups excluding carboxylic acids is 1. The average Bonchev–Trinajstić information content (AvgIpc) is 3.51. The van der Waals surface area contributed by atoms with E-state index in [1.165, 1.54) is 0 Å². The van der Waals surface area contributed by atoms with Crippen LogP contribution < -0.4 is 11.1 Å². The molecule has 0 aliphatic heterocycles. The predicted octanol–water partition coefficient (Wildman–Crippen LogP) is 3.14. The first-order chi connectivity index (χ1) is 14.7. The standard InChI is InChI=1S/C21H19N7OS/c22-13-15-16(27-28(20(15)23)14-6-2-1-3-7-14)8-4-10-24-21(29)18-12-17(25-26-18)19-9-5-11-30-19/h1-3,5-7,9,11-12H,4,8,10,23H2,(H,24,29)(H,25,26). The Kier molecular flexibility index (Phi) is 5.59. The number of rotatable bonds is 7. The van der Waals surface area contributed by atoms with E-state index < -0.39 is 0 Å². The lowest BCUT2D eigenvalue weighted by Gasteiger charge is -2.03. The number of nitrogen functional groups attached to an aromatic ring is 1. The van der Waals surface area contributed by atoms with Gasteiger partial charge in [-0.2, -0.15) is 15.5 Å². The number of carbonyl (C=O) groups is 1. The number of aryl methyl sites for hydroxylation is 1. The van der Waals surface area contributed by atoms with E-state index in [4.69, 9.17) is 5.73 Å². The summed E-state index contributed by atoms with van der Waals surface area (Å²) in [7, 11) is 0. The largest absolute Gasteiger partial charge is 0.382 e. The number of anilines is 1. The van der Waals surface area contributed by atoms with Gasteiger partial charge in [0.15, 0.2) is 5.69 Å². The number of amides is 1. The quantitative estimate of drug-likeness (QED) is 0.398. The maximum atomic E-state index is 12.3. The molecule has 0 aliphatic rings. The third-order valence-corrected chi connectivity index (χ3v) is 5.48. The summed E-state index contributed by atoms with van der Waals surface area (Å²) in [6.07, 6.45) is 1.14. The summed E-state index contributed by atoms with van der Waals surface area (Å²) >= 11 is 1.58. The third kappa shape index (κ3) is 3.94. The number of hydrogen-bond donors (Lipinski definition) is 3. The van der Waals surface area contributed by atoms with Crippen molar-refractivity contribution >= 4 is 23.1 Å². The molecule has 0 saturated heterocycles. The maximum Gasteiger partial charge on any atom is 0.271 e. The summed E-state index contributed by atoms with van der Waals surface area (Å²) in [5.41, 5.74) is 9.06. The molecule has 8 nitrogen and oxygen atoms in total. The van der Waals surface area contributed by atoms with Crippen LogP contribution in [0.2, 0.25) is 0 Å². The molecule has 30 heavy (non-hydrogen) atoms. The highest BCUT2D eigenvalue weighted by molar-refractivity contribution is 7.13. The van der Waals surface area contributed by atoms with Crippen molar-refractivity contribution in [3.8, 4) is 22.3 Å². The molecule has 0 saturated carbocycles. The van der Waals surface area contributed by atoms with Crippen LogP contribution in [-0.4, -0.2) is 32.4 Å². The van der Waals surface area contributed by atoms with Gasteiger partial charge in [0, 0.05) is 6.54 Å². The van der Waals surface area contributed by atoms with Gasteiger partial charge in [-0.25, -0.2) is 4.68 Å². The van der Waals surface area contributed by atoms with Crippen molar-refractivity contribution in [3.05, 3.63) is 70.9 Å². The molecule has 0 radical (unpaired) electrons. The minimum Gasteiger partial charge on any atom is -0.382 e. The highest BCUT2D eigenvalue weighted by Gasteiger charge is 2.16. The van der Waals surface area contributed by atoms with Crippen LogP contribution in [0.25, 0.3) is 16.3 Å². The Hall–Kier alpha value is -3.90. The first-order valence-corrected chi connectivity index (χ1v) is 10.3. The second-order valence-corrected chi connectivity index (χ2v) is 7.52. The summed E-state index contributed by atoms with van der Waals surface area (Å²) in [4.78, 5) is 13.3. The lowest BCUT2D eigenvalue weighted by atomic mass is 10.1. The van der Waals surface area contributed by atoms with Gasteiger partial charge in [-0.3, -0.25) is 9.89 Å². The van der Waals surface area contributed by atoms with E-state index in [-0.39, 0.29) is 5.91 Å². The number of nitrogens with one attached hydrogen (secondary N) is 2. The van der Waals surface area contributed by atoms with Gasteiger partial charge in [-0.1, -0.05) is 24.3 Å². The van der Waals surface area contributed by atoms with Crippen molar-refractivity contribution < 1.29 is 4.79 Å². The van der Waals surface area contributed by atoms with E-state index >= 15 is 0 Å². The number of nitrogens with zero attached hydrogens (tertiary/aromatic N) is 4.